The van der Waals surface area contributed by atoms with Crippen molar-refractivity contribution in [3.05, 3.63) is 53.1 Å². The smallest absolute Gasteiger partial charge is 0.252 e. The van der Waals surface area contributed by atoms with Gasteiger partial charge in [0.25, 0.3) is 5.78 Å². The van der Waals surface area contributed by atoms with Crippen molar-refractivity contribution in [3.8, 4) is 5.75 Å². The average molecular weight is 383 g/mol. The van der Waals surface area contributed by atoms with E-state index in [0.717, 1.165) is 11.4 Å². The fourth-order valence-electron chi connectivity index (χ4n) is 2.88. The molecule has 8 heteroatoms. The van der Waals surface area contributed by atoms with Crippen LogP contribution < -0.4 is 10.1 Å². The number of rotatable bonds is 7. The monoisotopic (exact) mass is 383 g/mol. The number of carbonyl (C=O) groups excluding carboxylic acids is 1. The third-order valence-corrected chi connectivity index (χ3v) is 4.09. The van der Waals surface area contributed by atoms with Crippen LogP contribution in [0.25, 0.3) is 5.78 Å². The summed E-state index contributed by atoms with van der Waals surface area (Å²) in [6.07, 6.45) is -0.766. The van der Waals surface area contributed by atoms with E-state index in [9.17, 15) is 9.90 Å². The standard InChI is InChI=1S/C20H25N5O3/c1-12(2)28-16-7-5-6-15(9-16)17(26)11-21-19(27)10-18-23-20-22-13(3)8-14(4)25(20)24-18/h5-9,12,17,26H,10-11H2,1-4H3,(H,21,27). The lowest BCUT2D eigenvalue weighted by Gasteiger charge is -2.15. The molecule has 2 heterocycles. The van der Waals surface area contributed by atoms with Gasteiger partial charge in [0, 0.05) is 17.9 Å². The van der Waals surface area contributed by atoms with Crippen molar-refractivity contribution in [1.82, 2.24) is 24.9 Å². The third kappa shape index (κ3) is 4.83. The van der Waals surface area contributed by atoms with Gasteiger partial charge in [-0.15, -0.1) is 5.10 Å². The molecule has 0 saturated carbocycles. The Bertz CT molecular complexity index is 983. The fraction of sp³-hybridized carbons (Fsp3) is 0.400. The maximum absolute atomic E-state index is 12.2. The van der Waals surface area contributed by atoms with Gasteiger partial charge in [0.05, 0.1) is 18.6 Å². The average Bonchev–Trinajstić information content (AvgIpc) is 3.02. The van der Waals surface area contributed by atoms with Crippen LogP contribution in [0.3, 0.4) is 0 Å². The minimum Gasteiger partial charge on any atom is -0.491 e. The minimum absolute atomic E-state index is 0.0189. The summed E-state index contributed by atoms with van der Waals surface area (Å²) < 4.78 is 7.25. The number of nitrogens with zero attached hydrogens (tertiary/aromatic N) is 4. The number of ether oxygens (including phenoxy) is 1. The number of nitrogens with one attached hydrogen (secondary N) is 1. The van der Waals surface area contributed by atoms with Gasteiger partial charge in [-0.1, -0.05) is 12.1 Å². The minimum atomic E-state index is -0.833. The van der Waals surface area contributed by atoms with Crippen LogP contribution in [-0.2, 0) is 11.2 Å². The zero-order valence-electron chi connectivity index (χ0n) is 16.5. The van der Waals surface area contributed by atoms with Crippen LogP contribution in [0.15, 0.2) is 30.3 Å². The van der Waals surface area contributed by atoms with Gasteiger partial charge in [0.1, 0.15) is 5.75 Å². The Hall–Kier alpha value is -3.00. The normalized spacial score (nSPS) is 12.4. The zero-order chi connectivity index (χ0) is 20.3. The molecule has 2 N–H and O–H groups in total. The van der Waals surface area contributed by atoms with Crippen molar-refractivity contribution in [1.29, 1.82) is 0 Å². The summed E-state index contributed by atoms with van der Waals surface area (Å²) in [5, 5.41) is 17.4. The Labute approximate surface area is 163 Å². The fourth-order valence-corrected chi connectivity index (χ4v) is 2.88. The van der Waals surface area contributed by atoms with E-state index in [1.165, 1.54) is 0 Å². The van der Waals surface area contributed by atoms with E-state index in [1.54, 1.807) is 16.6 Å². The largest absolute Gasteiger partial charge is 0.491 e. The molecule has 0 bridgehead atoms. The Kier molecular flexibility index (Phi) is 5.89. The summed E-state index contributed by atoms with van der Waals surface area (Å²) >= 11 is 0. The molecule has 3 aromatic rings. The highest BCUT2D eigenvalue weighted by atomic mass is 16.5. The number of aryl methyl sites for hydroxylation is 2. The molecule has 1 amide bonds. The number of fused-ring (bicyclic) bond motifs is 1. The van der Waals surface area contributed by atoms with Gasteiger partial charge < -0.3 is 15.2 Å². The van der Waals surface area contributed by atoms with Crippen molar-refractivity contribution >= 4 is 11.7 Å². The first-order valence-corrected chi connectivity index (χ1v) is 9.23. The molecule has 3 rings (SSSR count). The van der Waals surface area contributed by atoms with Crippen LogP contribution in [0.2, 0.25) is 0 Å². The predicted octanol–water partition coefficient (Wildman–Crippen LogP) is 1.92. The summed E-state index contributed by atoms with van der Waals surface area (Å²) in [6, 6.07) is 9.12. The van der Waals surface area contributed by atoms with Crippen LogP contribution >= 0.6 is 0 Å². The van der Waals surface area contributed by atoms with E-state index in [2.05, 4.69) is 20.4 Å². The molecular formula is C20H25N5O3. The molecule has 1 aromatic carbocycles. The van der Waals surface area contributed by atoms with Gasteiger partial charge in [0.2, 0.25) is 5.91 Å². The number of carbonyl (C=O) groups is 1. The van der Waals surface area contributed by atoms with Crippen LogP contribution in [0.5, 0.6) is 5.75 Å². The van der Waals surface area contributed by atoms with Crippen LogP contribution in [0, 0.1) is 13.8 Å². The molecule has 0 spiro atoms. The number of hydrogen-bond donors (Lipinski definition) is 2. The highest BCUT2D eigenvalue weighted by Crippen LogP contribution is 2.20. The Morgan fingerprint density at radius 3 is 2.79 bits per heavy atom. The van der Waals surface area contributed by atoms with Gasteiger partial charge in [-0.3, -0.25) is 4.79 Å². The Morgan fingerprint density at radius 1 is 1.25 bits per heavy atom. The SMILES string of the molecule is Cc1cc(C)n2nc(CC(=O)NCC(O)c3cccc(OC(C)C)c3)nc2n1. The summed E-state index contributed by atoms with van der Waals surface area (Å²) in [7, 11) is 0. The van der Waals surface area contributed by atoms with Crippen molar-refractivity contribution in [2.45, 2.75) is 46.3 Å². The van der Waals surface area contributed by atoms with Crippen LogP contribution in [0.1, 0.15) is 42.7 Å². The van der Waals surface area contributed by atoms with E-state index >= 15 is 0 Å². The van der Waals surface area contributed by atoms with Gasteiger partial charge in [-0.25, -0.2) is 9.50 Å². The first-order valence-electron chi connectivity index (χ1n) is 9.23. The second-order valence-electron chi connectivity index (χ2n) is 7.01. The highest BCUT2D eigenvalue weighted by Gasteiger charge is 2.14. The summed E-state index contributed by atoms with van der Waals surface area (Å²) in [5.74, 6) is 1.28. The van der Waals surface area contributed by atoms with Crippen LogP contribution in [-0.4, -0.2) is 43.2 Å². The molecule has 0 aliphatic rings. The molecule has 8 nitrogen and oxygen atoms in total. The Morgan fingerprint density at radius 2 is 2.04 bits per heavy atom. The molecule has 0 saturated heterocycles. The van der Waals surface area contributed by atoms with Gasteiger partial charge in [0.15, 0.2) is 5.82 Å². The lowest BCUT2D eigenvalue weighted by Crippen LogP contribution is -2.30. The van der Waals surface area contributed by atoms with E-state index in [0.29, 0.717) is 22.9 Å². The molecule has 28 heavy (non-hydrogen) atoms. The van der Waals surface area contributed by atoms with Crippen molar-refractivity contribution in [3.63, 3.8) is 0 Å². The highest BCUT2D eigenvalue weighted by molar-refractivity contribution is 5.77. The summed E-state index contributed by atoms with van der Waals surface area (Å²) in [4.78, 5) is 20.8. The maximum atomic E-state index is 12.2. The lowest BCUT2D eigenvalue weighted by atomic mass is 10.1. The predicted molar refractivity (Wildman–Crippen MR) is 104 cm³/mol. The first kappa shape index (κ1) is 19.8. The van der Waals surface area contributed by atoms with Gasteiger partial charge >= 0.3 is 0 Å². The number of aliphatic hydroxyl groups excluding tert-OH is 1. The van der Waals surface area contributed by atoms with Gasteiger partial charge in [-0.2, -0.15) is 4.98 Å². The number of benzene rings is 1. The van der Waals surface area contributed by atoms with Crippen LogP contribution in [0.4, 0.5) is 0 Å². The van der Waals surface area contributed by atoms with E-state index in [-0.39, 0.29) is 25.0 Å². The molecule has 1 unspecified atom stereocenters. The van der Waals surface area contributed by atoms with E-state index in [4.69, 9.17) is 4.74 Å². The van der Waals surface area contributed by atoms with Crippen molar-refractivity contribution in [2.75, 3.05) is 6.54 Å². The van der Waals surface area contributed by atoms with E-state index < -0.39 is 6.10 Å². The van der Waals surface area contributed by atoms with Crippen molar-refractivity contribution < 1.29 is 14.6 Å². The third-order valence-electron chi connectivity index (χ3n) is 4.09. The Balaban J connectivity index is 1.59. The second kappa shape index (κ2) is 8.35. The summed E-state index contributed by atoms with van der Waals surface area (Å²) in [6.45, 7) is 7.77. The lowest BCUT2D eigenvalue weighted by molar-refractivity contribution is -0.121. The first-order chi connectivity index (χ1) is 13.3. The molecule has 148 valence electrons. The van der Waals surface area contributed by atoms with E-state index in [1.807, 2.05) is 45.9 Å². The molecule has 0 radical (unpaired) electrons. The molecule has 1 atom stereocenters. The number of amides is 1. The number of aromatic nitrogens is 4. The number of hydrogen-bond acceptors (Lipinski definition) is 6. The van der Waals surface area contributed by atoms with Crippen molar-refractivity contribution in [2.24, 2.45) is 0 Å². The second-order valence-corrected chi connectivity index (χ2v) is 7.01. The molecule has 2 aromatic heterocycles. The molecule has 0 aliphatic heterocycles. The maximum Gasteiger partial charge on any atom is 0.252 e. The topological polar surface area (TPSA) is 102 Å². The zero-order valence-corrected chi connectivity index (χ0v) is 16.5. The molecular weight excluding hydrogens is 358 g/mol. The molecule has 0 fully saturated rings. The quantitative estimate of drug-likeness (QED) is 0.646. The molecule has 0 aliphatic carbocycles. The van der Waals surface area contributed by atoms with Gasteiger partial charge in [-0.05, 0) is 51.5 Å². The summed E-state index contributed by atoms with van der Waals surface area (Å²) in [5.41, 5.74) is 2.43. The number of aliphatic hydroxyl groups is 1.